The minimum Gasteiger partial charge on any atom is -0.390 e. The van der Waals surface area contributed by atoms with Crippen LogP contribution in [0.5, 0.6) is 0 Å². The van der Waals surface area contributed by atoms with E-state index >= 15 is 0 Å². The largest absolute Gasteiger partial charge is 0.390 e. The third-order valence-electron chi connectivity index (χ3n) is 8.77. The number of carbonyl (C=O) groups is 1. The number of hydrogen-bond donors (Lipinski definition) is 2. The SMILES string of the molecule is CC=C1CCC2C3C(CC[C@]12C)[C@@]1(C)CCC(=O)CC1[C@@H](O)[C@@H]3O. The van der Waals surface area contributed by atoms with Gasteiger partial charge in [-0.05, 0) is 73.5 Å². The molecule has 0 bridgehead atoms. The van der Waals surface area contributed by atoms with E-state index in [1.165, 1.54) is 6.42 Å². The van der Waals surface area contributed by atoms with Gasteiger partial charge in [-0.15, -0.1) is 0 Å². The van der Waals surface area contributed by atoms with Gasteiger partial charge in [0, 0.05) is 12.8 Å². The Morgan fingerprint density at radius 3 is 2.46 bits per heavy atom. The Kier molecular flexibility index (Phi) is 3.78. The molecule has 4 fully saturated rings. The molecule has 0 aromatic carbocycles. The molecule has 4 unspecified atom stereocenters. The van der Waals surface area contributed by atoms with Gasteiger partial charge >= 0.3 is 0 Å². The highest BCUT2D eigenvalue weighted by atomic mass is 16.3. The third kappa shape index (κ3) is 2.00. The highest BCUT2D eigenvalue weighted by Gasteiger charge is 2.64. The van der Waals surface area contributed by atoms with Crippen LogP contribution in [0, 0.1) is 34.5 Å². The molecule has 4 rings (SSSR count). The van der Waals surface area contributed by atoms with Crippen molar-refractivity contribution in [3.8, 4) is 0 Å². The fourth-order valence-corrected chi connectivity index (χ4v) is 7.38. The van der Waals surface area contributed by atoms with E-state index in [-0.39, 0.29) is 28.4 Å². The molecular formula is C21H32O3. The number of rotatable bonds is 0. The van der Waals surface area contributed by atoms with Crippen molar-refractivity contribution in [1.82, 2.24) is 0 Å². The van der Waals surface area contributed by atoms with Crippen LogP contribution in [-0.4, -0.2) is 28.2 Å². The van der Waals surface area contributed by atoms with E-state index in [0.29, 0.717) is 24.7 Å². The molecule has 3 heteroatoms. The first kappa shape index (κ1) is 16.8. The maximum absolute atomic E-state index is 12.0. The average molecular weight is 332 g/mol. The number of fused-ring (bicyclic) bond motifs is 5. The normalized spacial score (nSPS) is 55.9. The van der Waals surface area contributed by atoms with Gasteiger partial charge in [-0.1, -0.05) is 25.5 Å². The van der Waals surface area contributed by atoms with E-state index in [1.807, 2.05) is 0 Å². The number of allylic oxidation sites excluding steroid dienone is 2. The average Bonchev–Trinajstić information content (AvgIpc) is 2.90. The number of aliphatic hydroxyl groups is 2. The van der Waals surface area contributed by atoms with Crippen LogP contribution in [0.15, 0.2) is 11.6 Å². The molecule has 134 valence electrons. The molecule has 0 heterocycles. The van der Waals surface area contributed by atoms with Crippen LogP contribution in [0.25, 0.3) is 0 Å². The van der Waals surface area contributed by atoms with Gasteiger partial charge in [-0.3, -0.25) is 4.79 Å². The smallest absolute Gasteiger partial charge is 0.133 e. The summed E-state index contributed by atoms with van der Waals surface area (Å²) in [5.74, 6) is 1.32. The standard InChI is InChI=1S/C21H32O3/c1-4-12-5-6-14-17-15(8-10-20(12,14)2)21(3)9-7-13(22)11-16(21)18(23)19(17)24/h4,14-19,23-24H,5-11H2,1-3H3/t14?,15?,16?,17?,18-,19-,20-,21-/m1/s1. The van der Waals surface area contributed by atoms with Crippen molar-refractivity contribution in [2.45, 2.75) is 77.9 Å². The van der Waals surface area contributed by atoms with Gasteiger partial charge in [0.15, 0.2) is 0 Å². The molecule has 0 spiro atoms. The van der Waals surface area contributed by atoms with Gasteiger partial charge < -0.3 is 10.2 Å². The lowest BCUT2D eigenvalue weighted by Gasteiger charge is -2.62. The number of carbonyl (C=O) groups excluding carboxylic acids is 1. The second-order valence-corrected chi connectivity index (χ2v) is 9.44. The lowest BCUT2D eigenvalue weighted by atomic mass is 9.43. The summed E-state index contributed by atoms with van der Waals surface area (Å²) in [7, 11) is 0. The van der Waals surface area contributed by atoms with Crippen LogP contribution in [-0.2, 0) is 4.79 Å². The first-order valence-electron chi connectivity index (χ1n) is 9.86. The van der Waals surface area contributed by atoms with E-state index in [0.717, 1.165) is 25.7 Å². The Morgan fingerprint density at radius 2 is 1.75 bits per heavy atom. The van der Waals surface area contributed by atoms with E-state index < -0.39 is 12.2 Å². The molecule has 0 aromatic rings. The lowest BCUT2D eigenvalue weighted by Crippen LogP contribution is -2.63. The fraction of sp³-hybridized carbons (Fsp3) is 0.857. The van der Waals surface area contributed by atoms with Crippen LogP contribution >= 0.6 is 0 Å². The molecule has 4 saturated carbocycles. The van der Waals surface area contributed by atoms with Crippen LogP contribution in [0.3, 0.4) is 0 Å². The Balaban J connectivity index is 1.74. The van der Waals surface area contributed by atoms with Crippen LogP contribution in [0.1, 0.15) is 65.7 Å². The molecule has 0 radical (unpaired) electrons. The first-order chi connectivity index (χ1) is 11.3. The van der Waals surface area contributed by atoms with Gasteiger partial charge in [0.1, 0.15) is 5.78 Å². The van der Waals surface area contributed by atoms with Gasteiger partial charge in [-0.25, -0.2) is 0 Å². The molecule has 4 aliphatic rings. The van der Waals surface area contributed by atoms with Crippen LogP contribution in [0.2, 0.25) is 0 Å². The lowest BCUT2D eigenvalue weighted by molar-refractivity contribution is -0.208. The predicted molar refractivity (Wildman–Crippen MR) is 93.3 cm³/mol. The van der Waals surface area contributed by atoms with E-state index in [1.54, 1.807) is 5.57 Å². The van der Waals surface area contributed by atoms with Crippen LogP contribution in [0.4, 0.5) is 0 Å². The summed E-state index contributed by atoms with van der Waals surface area (Å²) in [4.78, 5) is 12.0. The summed E-state index contributed by atoms with van der Waals surface area (Å²) in [6, 6.07) is 0. The molecule has 0 amide bonds. The number of aliphatic hydroxyl groups excluding tert-OH is 2. The summed E-state index contributed by atoms with van der Waals surface area (Å²) < 4.78 is 0. The van der Waals surface area contributed by atoms with Crippen molar-refractivity contribution in [2.75, 3.05) is 0 Å². The molecular weight excluding hydrogens is 300 g/mol. The third-order valence-corrected chi connectivity index (χ3v) is 8.77. The molecule has 2 N–H and O–H groups in total. The summed E-state index contributed by atoms with van der Waals surface area (Å²) in [6.45, 7) is 6.82. The minimum atomic E-state index is -0.738. The monoisotopic (exact) mass is 332 g/mol. The topological polar surface area (TPSA) is 57.5 Å². The molecule has 4 aliphatic carbocycles. The van der Waals surface area contributed by atoms with Crippen LogP contribution < -0.4 is 0 Å². The fourth-order valence-electron chi connectivity index (χ4n) is 7.38. The summed E-state index contributed by atoms with van der Waals surface area (Å²) in [6.07, 6.45) is 7.48. The van der Waals surface area contributed by atoms with Crippen molar-refractivity contribution in [2.24, 2.45) is 34.5 Å². The van der Waals surface area contributed by atoms with E-state index in [2.05, 4.69) is 26.8 Å². The van der Waals surface area contributed by atoms with Gasteiger partial charge in [0.25, 0.3) is 0 Å². The Hall–Kier alpha value is -0.670. The number of hydrogen-bond acceptors (Lipinski definition) is 3. The summed E-state index contributed by atoms with van der Waals surface area (Å²) in [5.41, 5.74) is 1.76. The Morgan fingerprint density at radius 1 is 1.00 bits per heavy atom. The second kappa shape index (κ2) is 5.41. The van der Waals surface area contributed by atoms with E-state index in [9.17, 15) is 15.0 Å². The molecule has 3 nitrogen and oxygen atoms in total. The highest BCUT2D eigenvalue weighted by molar-refractivity contribution is 5.79. The minimum absolute atomic E-state index is 0.0111. The highest BCUT2D eigenvalue weighted by Crippen LogP contribution is 2.67. The Bertz CT molecular complexity index is 582. The van der Waals surface area contributed by atoms with Crippen molar-refractivity contribution < 1.29 is 15.0 Å². The quantitative estimate of drug-likeness (QED) is 0.668. The van der Waals surface area contributed by atoms with Crippen molar-refractivity contribution in [3.05, 3.63) is 11.6 Å². The second-order valence-electron chi connectivity index (χ2n) is 9.44. The molecule has 0 saturated heterocycles. The number of Topliss-reactive ketones (excluding diaryl/α,β-unsaturated/α-hetero) is 1. The zero-order chi connectivity index (χ0) is 17.3. The van der Waals surface area contributed by atoms with Crippen molar-refractivity contribution in [1.29, 1.82) is 0 Å². The maximum atomic E-state index is 12.0. The predicted octanol–water partition coefficient (Wildman–Crippen LogP) is 3.49. The van der Waals surface area contributed by atoms with E-state index in [4.69, 9.17) is 0 Å². The van der Waals surface area contributed by atoms with Crippen molar-refractivity contribution in [3.63, 3.8) is 0 Å². The zero-order valence-corrected chi connectivity index (χ0v) is 15.3. The number of ketones is 1. The van der Waals surface area contributed by atoms with Gasteiger partial charge in [0.05, 0.1) is 12.2 Å². The molecule has 24 heavy (non-hydrogen) atoms. The molecule has 0 aromatic heterocycles. The Labute approximate surface area is 145 Å². The zero-order valence-electron chi connectivity index (χ0n) is 15.3. The molecule has 0 aliphatic heterocycles. The summed E-state index contributed by atoms with van der Waals surface area (Å²) >= 11 is 0. The first-order valence-corrected chi connectivity index (χ1v) is 9.86. The summed E-state index contributed by atoms with van der Waals surface area (Å²) in [5, 5.41) is 22.0. The van der Waals surface area contributed by atoms with Crippen molar-refractivity contribution >= 4 is 5.78 Å². The van der Waals surface area contributed by atoms with Gasteiger partial charge in [-0.2, -0.15) is 0 Å². The van der Waals surface area contributed by atoms with Gasteiger partial charge in [0.2, 0.25) is 0 Å². The molecule has 8 atom stereocenters. The maximum Gasteiger partial charge on any atom is 0.133 e.